The Kier molecular flexibility index (Phi) is 9.19. The van der Waals surface area contributed by atoms with Crippen molar-refractivity contribution in [3.8, 4) is 5.75 Å². The Morgan fingerprint density at radius 1 is 1.28 bits per heavy atom. The largest absolute Gasteiger partial charge is 0.508 e. The van der Waals surface area contributed by atoms with E-state index in [-0.39, 0.29) is 24.3 Å². The van der Waals surface area contributed by atoms with E-state index in [1.165, 1.54) is 12.4 Å². The molecule has 1 fully saturated rings. The van der Waals surface area contributed by atoms with Crippen LogP contribution in [-0.4, -0.2) is 52.8 Å². The highest BCUT2D eigenvalue weighted by Crippen LogP contribution is 2.35. The number of nitrogens with zero attached hydrogens (tertiary/aromatic N) is 2. The van der Waals surface area contributed by atoms with E-state index in [0.717, 1.165) is 29.7 Å². The molecule has 0 radical (unpaired) electrons. The lowest BCUT2D eigenvalue weighted by Gasteiger charge is -2.32. The highest BCUT2D eigenvalue weighted by molar-refractivity contribution is 9.10. The van der Waals surface area contributed by atoms with Crippen LogP contribution in [0, 0.1) is 18.7 Å². The molecule has 8 nitrogen and oxygen atoms in total. The monoisotopic (exact) mass is 564 g/mol. The summed E-state index contributed by atoms with van der Waals surface area (Å²) in [5.41, 5.74) is 2.30. The van der Waals surface area contributed by atoms with E-state index >= 15 is 0 Å². The molecule has 196 valence electrons. The fraction of sp³-hybridized carbons (Fsp3) is 0.462. The number of phenolic OH excluding ortho intramolecular Hbond substituents is 1. The van der Waals surface area contributed by atoms with Crippen LogP contribution in [0.2, 0.25) is 0 Å². The molecule has 2 aliphatic rings. The Bertz CT molecular complexity index is 1100. The number of aliphatic hydroxyl groups excluding tert-OH is 1. The molecular weight excluding hydrogens is 531 g/mol. The minimum absolute atomic E-state index is 0.213. The molecule has 4 rings (SSSR count). The second kappa shape index (κ2) is 11.9. The zero-order valence-corrected chi connectivity index (χ0v) is 22.6. The van der Waals surface area contributed by atoms with Crippen LogP contribution in [0.1, 0.15) is 50.9 Å². The number of aliphatic hydroxyl groups is 1. The zero-order chi connectivity index (χ0) is 26.5. The predicted molar refractivity (Wildman–Crippen MR) is 143 cm³/mol. The number of nitrogens with one attached hydrogen (secondary N) is 2. The first-order chi connectivity index (χ1) is 17.0. The molecule has 1 saturated heterocycles. The average molecular weight is 565 g/mol. The normalized spacial score (nSPS) is 17.4. The number of aromatic hydroxyl groups is 1. The molecule has 36 heavy (non-hydrogen) atoms. The highest BCUT2D eigenvalue weighted by atomic mass is 79.9. The summed E-state index contributed by atoms with van der Waals surface area (Å²) in [7, 11) is 0. The predicted octanol–water partition coefficient (Wildman–Crippen LogP) is 5.79. The molecule has 0 aliphatic carbocycles. The van der Waals surface area contributed by atoms with Crippen molar-refractivity contribution >= 4 is 39.7 Å². The number of benzene rings is 2. The van der Waals surface area contributed by atoms with Gasteiger partial charge in [0.2, 0.25) is 0 Å². The molecule has 0 saturated carbocycles. The first-order valence-corrected chi connectivity index (χ1v) is 12.7. The molecule has 0 spiro atoms. The Morgan fingerprint density at radius 2 is 1.97 bits per heavy atom. The van der Waals surface area contributed by atoms with Crippen molar-refractivity contribution in [3.05, 3.63) is 51.7 Å². The van der Waals surface area contributed by atoms with Gasteiger partial charge in [0.25, 0.3) is 0 Å². The molecular formula is C26H34BrFN4O4. The topological polar surface area (TPSA) is 106 Å². The molecule has 1 unspecified atom stereocenters. The number of piperidine rings is 1. The summed E-state index contributed by atoms with van der Waals surface area (Å²) in [6.07, 6.45) is 2.63. The number of rotatable bonds is 3. The standard InChI is InChI=1S/C15H13BrFN3O.C11H21NO3/c1-8-4-10-13(6-14(8)21)18-7-19-15(10)20-12-3-2-9(16)5-11(12)17;1-11(2,3)15-10(14)12-6-4-9(8-13)5-7-12/h2-7,15,20-21H,1H3,(H,18,19);9,13H,4-8H2,1-3H3. The Morgan fingerprint density at radius 3 is 2.58 bits per heavy atom. The van der Waals surface area contributed by atoms with Crippen molar-refractivity contribution in [3.63, 3.8) is 0 Å². The van der Waals surface area contributed by atoms with Gasteiger partial charge < -0.3 is 30.5 Å². The van der Waals surface area contributed by atoms with Crippen LogP contribution in [0.4, 0.5) is 20.6 Å². The van der Waals surface area contributed by atoms with Crippen LogP contribution >= 0.6 is 15.9 Å². The number of ether oxygens (including phenoxy) is 1. The summed E-state index contributed by atoms with van der Waals surface area (Å²) in [6, 6.07) is 8.30. The maximum atomic E-state index is 13.9. The minimum Gasteiger partial charge on any atom is -0.508 e. The molecule has 2 heterocycles. The molecule has 2 aromatic carbocycles. The molecule has 1 amide bonds. The minimum atomic E-state index is -0.426. The fourth-order valence-electron chi connectivity index (χ4n) is 3.83. The van der Waals surface area contributed by atoms with E-state index in [2.05, 4.69) is 31.6 Å². The Hall–Kier alpha value is -2.85. The summed E-state index contributed by atoms with van der Waals surface area (Å²) in [6.45, 7) is 9.02. The molecule has 0 aromatic heterocycles. The quantitative estimate of drug-likeness (QED) is 0.375. The summed E-state index contributed by atoms with van der Waals surface area (Å²) < 4.78 is 19.9. The number of aryl methyl sites for hydroxylation is 1. The van der Waals surface area contributed by atoms with Gasteiger partial charge in [-0.05, 0) is 76.3 Å². The number of fused-ring (bicyclic) bond motifs is 1. The number of aliphatic imine (C=N–C) groups is 1. The first kappa shape index (κ1) is 27.7. The molecule has 0 bridgehead atoms. The molecule has 1 atom stereocenters. The van der Waals surface area contributed by atoms with Crippen LogP contribution < -0.4 is 10.6 Å². The second-order valence-electron chi connectivity index (χ2n) is 9.91. The van der Waals surface area contributed by atoms with Crippen molar-refractivity contribution < 1.29 is 24.1 Å². The third-order valence-electron chi connectivity index (χ3n) is 5.85. The van der Waals surface area contributed by atoms with Crippen LogP contribution in [0.5, 0.6) is 5.75 Å². The van der Waals surface area contributed by atoms with E-state index in [0.29, 0.717) is 29.2 Å². The zero-order valence-electron chi connectivity index (χ0n) is 21.0. The van der Waals surface area contributed by atoms with E-state index in [1.54, 1.807) is 23.1 Å². The van der Waals surface area contributed by atoms with Gasteiger partial charge in [-0.1, -0.05) is 15.9 Å². The highest BCUT2D eigenvalue weighted by Gasteiger charge is 2.26. The van der Waals surface area contributed by atoms with E-state index in [1.807, 2.05) is 33.8 Å². The van der Waals surface area contributed by atoms with Gasteiger partial charge in [0.1, 0.15) is 23.3 Å². The number of carbonyl (C=O) groups excluding carboxylic acids is 1. The first-order valence-electron chi connectivity index (χ1n) is 11.9. The smallest absolute Gasteiger partial charge is 0.410 e. The lowest BCUT2D eigenvalue weighted by Crippen LogP contribution is -2.42. The lowest BCUT2D eigenvalue weighted by molar-refractivity contribution is 0.0159. The summed E-state index contributed by atoms with van der Waals surface area (Å²) >= 11 is 3.23. The second-order valence-corrected chi connectivity index (χ2v) is 10.8. The maximum Gasteiger partial charge on any atom is 0.410 e. The van der Waals surface area contributed by atoms with Gasteiger partial charge in [0.15, 0.2) is 0 Å². The van der Waals surface area contributed by atoms with Gasteiger partial charge in [-0.3, -0.25) is 0 Å². The van der Waals surface area contributed by atoms with Crippen LogP contribution in [0.25, 0.3) is 0 Å². The SMILES string of the molecule is CC(C)(C)OC(=O)N1CCC(CO)CC1.Cc1cc2c(cc1O)NC=NC2Nc1ccc(Br)cc1F. The summed E-state index contributed by atoms with van der Waals surface area (Å²) in [5, 5.41) is 24.8. The fourth-order valence-corrected chi connectivity index (χ4v) is 4.16. The van der Waals surface area contributed by atoms with Gasteiger partial charge >= 0.3 is 6.09 Å². The number of likely N-dealkylation sites (tertiary alicyclic amines) is 1. The third-order valence-corrected chi connectivity index (χ3v) is 6.35. The van der Waals surface area contributed by atoms with Crippen molar-refractivity contribution in [2.24, 2.45) is 10.9 Å². The maximum absolute atomic E-state index is 13.9. The third kappa shape index (κ3) is 7.57. The van der Waals surface area contributed by atoms with Crippen LogP contribution in [-0.2, 0) is 4.74 Å². The number of anilines is 2. The van der Waals surface area contributed by atoms with Crippen molar-refractivity contribution in [1.82, 2.24) is 4.90 Å². The molecule has 2 aromatic rings. The van der Waals surface area contributed by atoms with E-state index < -0.39 is 11.8 Å². The Labute approximate surface area is 219 Å². The van der Waals surface area contributed by atoms with Crippen LogP contribution in [0.3, 0.4) is 0 Å². The van der Waals surface area contributed by atoms with Gasteiger partial charge in [-0.25, -0.2) is 14.2 Å². The van der Waals surface area contributed by atoms with Crippen molar-refractivity contribution in [2.45, 2.75) is 52.3 Å². The van der Waals surface area contributed by atoms with Gasteiger partial charge in [-0.15, -0.1) is 0 Å². The number of halogens is 2. The molecule has 2 aliphatic heterocycles. The molecule has 4 N–H and O–H groups in total. The van der Waals surface area contributed by atoms with E-state index in [4.69, 9.17) is 9.84 Å². The van der Waals surface area contributed by atoms with Crippen molar-refractivity contribution in [2.75, 3.05) is 30.3 Å². The summed E-state index contributed by atoms with van der Waals surface area (Å²) in [5.74, 6) is 0.212. The van der Waals surface area contributed by atoms with E-state index in [9.17, 15) is 14.3 Å². The number of amides is 1. The number of hydrogen-bond acceptors (Lipinski definition) is 7. The van der Waals surface area contributed by atoms with Crippen LogP contribution in [0.15, 0.2) is 39.8 Å². The van der Waals surface area contributed by atoms with Gasteiger partial charge in [0, 0.05) is 35.8 Å². The average Bonchev–Trinajstić information content (AvgIpc) is 2.81. The lowest BCUT2D eigenvalue weighted by atomic mass is 9.98. The number of phenols is 1. The van der Waals surface area contributed by atoms with Crippen molar-refractivity contribution in [1.29, 1.82) is 0 Å². The van der Waals surface area contributed by atoms with Gasteiger partial charge in [0.05, 0.1) is 17.7 Å². The number of carbonyl (C=O) groups is 1. The van der Waals surface area contributed by atoms with Gasteiger partial charge in [-0.2, -0.15) is 0 Å². The summed E-state index contributed by atoms with van der Waals surface area (Å²) in [4.78, 5) is 17.7. The molecule has 10 heteroatoms. The number of hydrogen-bond donors (Lipinski definition) is 4. The Balaban J connectivity index is 0.000000214.